The molecule has 1 aliphatic heterocycles. The smallest absolute Gasteiger partial charge is 0.303 e. The van der Waals surface area contributed by atoms with Gasteiger partial charge in [-0.1, -0.05) is 42.8 Å². The van der Waals surface area contributed by atoms with Crippen LogP contribution in [0.5, 0.6) is 0 Å². The third-order valence-corrected chi connectivity index (χ3v) is 5.75. The first-order valence-corrected chi connectivity index (χ1v) is 10.4. The van der Waals surface area contributed by atoms with Crippen LogP contribution in [-0.4, -0.2) is 59.5 Å². The molecule has 1 unspecified atom stereocenters. The zero-order valence-electron chi connectivity index (χ0n) is 16.7. The highest BCUT2D eigenvalue weighted by molar-refractivity contribution is 6.30. The van der Waals surface area contributed by atoms with E-state index in [1.807, 2.05) is 24.0 Å². The third-order valence-electron chi connectivity index (χ3n) is 5.50. The molecule has 1 saturated heterocycles. The van der Waals surface area contributed by atoms with Gasteiger partial charge in [0.1, 0.15) is 0 Å². The van der Waals surface area contributed by atoms with Crippen LogP contribution in [0.3, 0.4) is 0 Å². The summed E-state index contributed by atoms with van der Waals surface area (Å²) in [6.45, 7) is 6.08. The minimum absolute atomic E-state index is 0.0211. The van der Waals surface area contributed by atoms with Crippen LogP contribution >= 0.6 is 11.6 Å². The molecular weight excluding hydrogens is 388 g/mol. The van der Waals surface area contributed by atoms with Crippen molar-refractivity contribution < 1.29 is 14.7 Å². The Balaban J connectivity index is 1.44. The Morgan fingerprint density at radius 2 is 1.62 bits per heavy atom. The number of amides is 1. The van der Waals surface area contributed by atoms with E-state index in [0.29, 0.717) is 10.6 Å². The summed E-state index contributed by atoms with van der Waals surface area (Å²) in [4.78, 5) is 27.7. The molecule has 1 fully saturated rings. The van der Waals surface area contributed by atoms with Crippen molar-refractivity contribution in [1.29, 1.82) is 0 Å². The summed E-state index contributed by atoms with van der Waals surface area (Å²) in [7, 11) is 0. The van der Waals surface area contributed by atoms with Gasteiger partial charge in [-0.25, -0.2) is 0 Å². The van der Waals surface area contributed by atoms with E-state index in [0.717, 1.165) is 44.7 Å². The summed E-state index contributed by atoms with van der Waals surface area (Å²) in [5.41, 5.74) is 2.99. The molecule has 1 aliphatic rings. The molecular formula is C23H27ClN2O3. The fraction of sp³-hybridized carbons (Fsp3) is 0.391. The maximum atomic E-state index is 12.6. The molecule has 1 atom stereocenters. The fourth-order valence-electron chi connectivity index (χ4n) is 3.63. The van der Waals surface area contributed by atoms with Crippen LogP contribution in [0.25, 0.3) is 0 Å². The van der Waals surface area contributed by atoms with Gasteiger partial charge in [-0.05, 0) is 47.7 Å². The minimum atomic E-state index is -0.768. The van der Waals surface area contributed by atoms with Crippen molar-refractivity contribution in [3.05, 3.63) is 70.2 Å². The largest absolute Gasteiger partial charge is 0.481 e. The van der Waals surface area contributed by atoms with Gasteiger partial charge in [0.15, 0.2) is 0 Å². The molecule has 0 bridgehead atoms. The van der Waals surface area contributed by atoms with E-state index in [4.69, 9.17) is 16.7 Å². The molecule has 1 heterocycles. The van der Waals surface area contributed by atoms with Crippen molar-refractivity contribution in [3.63, 3.8) is 0 Å². The summed E-state index contributed by atoms with van der Waals surface area (Å²) in [6.07, 6.45) is 1.09. The van der Waals surface area contributed by atoms with Crippen LogP contribution < -0.4 is 0 Å². The highest BCUT2D eigenvalue weighted by Gasteiger charge is 2.22. The van der Waals surface area contributed by atoms with Crippen LogP contribution in [0.4, 0.5) is 0 Å². The second-order valence-corrected chi connectivity index (χ2v) is 8.07. The lowest BCUT2D eigenvalue weighted by Crippen LogP contribution is -2.49. The fourth-order valence-corrected chi connectivity index (χ4v) is 3.76. The quantitative estimate of drug-likeness (QED) is 0.746. The minimum Gasteiger partial charge on any atom is -0.481 e. The summed E-state index contributed by atoms with van der Waals surface area (Å²) >= 11 is 5.90. The number of carbonyl (C=O) groups is 2. The predicted molar refractivity (Wildman–Crippen MR) is 115 cm³/mol. The van der Waals surface area contributed by atoms with Crippen molar-refractivity contribution in [2.75, 3.05) is 32.7 Å². The summed E-state index contributed by atoms with van der Waals surface area (Å²) in [5.74, 6) is -0.685. The van der Waals surface area contributed by atoms with Gasteiger partial charge in [0.05, 0.1) is 6.42 Å². The Morgan fingerprint density at radius 1 is 1.00 bits per heavy atom. The average Bonchev–Trinajstić information content (AvgIpc) is 2.72. The Hall–Kier alpha value is -2.37. The normalized spacial score (nSPS) is 15.9. The number of benzene rings is 2. The second-order valence-electron chi connectivity index (χ2n) is 7.63. The van der Waals surface area contributed by atoms with Crippen LogP contribution in [-0.2, 0) is 11.2 Å². The molecule has 0 aliphatic carbocycles. The SMILES string of the molecule is CC(CC(=O)O)c1ccc(CCN2CCN(C(=O)c3ccc(Cl)cc3)CC2)cc1. The first-order valence-electron chi connectivity index (χ1n) is 10.00. The summed E-state index contributed by atoms with van der Waals surface area (Å²) < 4.78 is 0. The molecule has 0 spiro atoms. The van der Waals surface area contributed by atoms with Crippen LogP contribution in [0, 0.1) is 0 Å². The molecule has 1 amide bonds. The van der Waals surface area contributed by atoms with Gasteiger partial charge < -0.3 is 10.0 Å². The van der Waals surface area contributed by atoms with Crippen molar-refractivity contribution in [1.82, 2.24) is 9.80 Å². The van der Waals surface area contributed by atoms with E-state index in [9.17, 15) is 9.59 Å². The molecule has 1 N–H and O–H groups in total. The predicted octanol–water partition coefficient (Wildman–Crippen LogP) is 3.92. The van der Waals surface area contributed by atoms with E-state index in [-0.39, 0.29) is 18.2 Å². The van der Waals surface area contributed by atoms with Gasteiger partial charge in [0.2, 0.25) is 0 Å². The first-order chi connectivity index (χ1) is 13.9. The third kappa shape index (κ3) is 6.05. The number of carboxylic acid groups (broad SMARTS) is 1. The van der Waals surface area contributed by atoms with Gasteiger partial charge >= 0.3 is 5.97 Å². The number of piperazine rings is 1. The van der Waals surface area contributed by atoms with Crippen molar-refractivity contribution in [2.45, 2.75) is 25.7 Å². The number of rotatable bonds is 7. The van der Waals surface area contributed by atoms with Gasteiger partial charge in [-0.2, -0.15) is 0 Å². The van der Waals surface area contributed by atoms with Gasteiger partial charge in [-0.3, -0.25) is 14.5 Å². The van der Waals surface area contributed by atoms with E-state index >= 15 is 0 Å². The molecule has 6 heteroatoms. The van der Waals surface area contributed by atoms with Gasteiger partial charge in [0.25, 0.3) is 5.91 Å². The lowest BCUT2D eigenvalue weighted by atomic mass is 9.96. The number of hydrogen-bond donors (Lipinski definition) is 1. The van der Waals surface area contributed by atoms with Crippen molar-refractivity contribution in [3.8, 4) is 0 Å². The lowest BCUT2D eigenvalue weighted by Gasteiger charge is -2.34. The van der Waals surface area contributed by atoms with E-state index < -0.39 is 5.97 Å². The Bertz CT molecular complexity index is 828. The zero-order chi connectivity index (χ0) is 20.8. The average molecular weight is 415 g/mol. The van der Waals surface area contributed by atoms with Crippen LogP contribution in [0.2, 0.25) is 5.02 Å². The first kappa shape index (κ1) is 21.3. The number of hydrogen-bond acceptors (Lipinski definition) is 3. The number of carbonyl (C=O) groups excluding carboxylic acids is 1. The number of halogens is 1. The molecule has 2 aromatic carbocycles. The maximum absolute atomic E-state index is 12.6. The van der Waals surface area contributed by atoms with Crippen molar-refractivity contribution >= 4 is 23.5 Å². The standard InChI is InChI=1S/C23H27ClN2O3/c1-17(16-22(27)28)19-4-2-18(3-5-19)10-11-25-12-14-26(15-13-25)23(29)20-6-8-21(24)9-7-20/h2-9,17H,10-16H2,1H3,(H,27,28). The Labute approximate surface area is 176 Å². The van der Waals surface area contributed by atoms with Crippen LogP contribution in [0.1, 0.15) is 40.7 Å². The van der Waals surface area contributed by atoms with E-state index in [2.05, 4.69) is 17.0 Å². The molecule has 0 aromatic heterocycles. The number of aliphatic carboxylic acids is 1. The number of nitrogens with zero attached hydrogens (tertiary/aromatic N) is 2. The maximum Gasteiger partial charge on any atom is 0.303 e. The molecule has 154 valence electrons. The topological polar surface area (TPSA) is 60.9 Å². The van der Waals surface area contributed by atoms with Crippen LogP contribution in [0.15, 0.2) is 48.5 Å². The highest BCUT2D eigenvalue weighted by Crippen LogP contribution is 2.20. The van der Waals surface area contributed by atoms with E-state index in [1.54, 1.807) is 24.3 Å². The van der Waals surface area contributed by atoms with Crippen molar-refractivity contribution in [2.24, 2.45) is 0 Å². The second kappa shape index (κ2) is 9.90. The molecule has 5 nitrogen and oxygen atoms in total. The highest BCUT2D eigenvalue weighted by atomic mass is 35.5. The van der Waals surface area contributed by atoms with E-state index in [1.165, 1.54) is 5.56 Å². The summed E-state index contributed by atoms with van der Waals surface area (Å²) in [6, 6.07) is 15.3. The van der Waals surface area contributed by atoms with Gasteiger partial charge in [0, 0.05) is 43.3 Å². The molecule has 3 rings (SSSR count). The number of carboxylic acids is 1. The summed E-state index contributed by atoms with van der Waals surface area (Å²) in [5, 5.41) is 9.56. The molecule has 2 aromatic rings. The molecule has 0 radical (unpaired) electrons. The van der Waals surface area contributed by atoms with Gasteiger partial charge in [-0.15, -0.1) is 0 Å². The molecule has 0 saturated carbocycles. The molecule has 29 heavy (non-hydrogen) atoms. The Kier molecular flexibility index (Phi) is 7.29. The zero-order valence-corrected chi connectivity index (χ0v) is 17.4. The lowest BCUT2D eigenvalue weighted by molar-refractivity contribution is -0.137. The Morgan fingerprint density at radius 3 is 2.21 bits per heavy atom. The monoisotopic (exact) mass is 414 g/mol.